The van der Waals surface area contributed by atoms with Crippen LogP contribution in [0, 0.1) is 0 Å². The number of pyridine rings is 1. The van der Waals surface area contributed by atoms with E-state index in [2.05, 4.69) is 226 Å². The molecule has 11 aromatic rings. The lowest BCUT2D eigenvalue weighted by molar-refractivity contribution is 0.483. The second kappa shape index (κ2) is 17.2. The molecular weight excluding hydrogens is 817 g/mol. The number of aromatic nitrogens is 3. The maximum atomic E-state index is 6.76. The van der Waals surface area contributed by atoms with Crippen LogP contribution in [-0.4, -0.2) is 14.5 Å². The quantitative estimate of drug-likeness (QED) is 0.152. The smallest absolute Gasteiger partial charge is 0.138 e. The zero-order valence-corrected chi connectivity index (χ0v) is 38.9. The molecule has 0 bridgehead atoms. The molecule has 0 saturated heterocycles. The summed E-state index contributed by atoms with van der Waals surface area (Å²) in [5.41, 5.74) is 12.7. The summed E-state index contributed by atoms with van der Waals surface area (Å²) in [5, 5.41) is 13.1. The van der Waals surface area contributed by atoms with Crippen molar-refractivity contribution in [3.05, 3.63) is 205 Å². The number of aromatic amines is 1. The number of benzene rings is 8. The van der Waals surface area contributed by atoms with Crippen molar-refractivity contribution in [3.63, 3.8) is 0 Å². The number of para-hydroxylation sites is 3. The second-order valence-electron chi connectivity index (χ2n) is 18.7. The monoisotopic (exact) mass is 870 g/mol. The zero-order chi connectivity index (χ0) is 45.8. The fraction of sp³-hybridized carbons (Fsp3) is 0.145. The molecule has 0 spiro atoms. The van der Waals surface area contributed by atoms with Crippen LogP contribution in [0.5, 0.6) is 11.5 Å². The fourth-order valence-corrected chi connectivity index (χ4v) is 10.1. The summed E-state index contributed by atoms with van der Waals surface area (Å²) in [4.78, 5) is 8.95. The Labute approximate surface area is 392 Å². The highest BCUT2D eigenvalue weighted by atomic mass is 16.5. The van der Waals surface area contributed by atoms with Gasteiger partial charge in [0, 0.05) is 51.1 Å². The van der Waals surface area contributed by atoms with E-state index in [0.717, 1.165) is 66.9 Å². The standard InChI is InChI=1S/C62H54N4O/c1-38(2)42-33-54(39(3)4)61(55(34-42)40(5)6)41-31-32-63-60(35-41)66-58-28-14-12-24-51(58)52-30-29-45(37-59(52)66)67-44-18-15-17-43(36-44)64-57-27-16-25-53-49-22-10-8-20-47(49)46-19-7-9-21-48(46)50-23-11-13-26-56(50)65-62(53)57/h7-40,64-65H,1-6H3. The number of H-pyrrole nitrogens is 1. The minimum atomic E-state index is 0.367. The third kappa shape index (κ3) is 7.60. The number of anilines is 2. The summed E-state index contributed by atoms with van der Waals surface area (Å²) in [5.74, 6) is 3.54. The van der Waals surface area contributed by atoms with Gasteiger partial charge in [-0.2, -0.15) is 0 Å². The van der Waals surface area contributed by atoms with Crippen LogP contribution in [0.4, 0.5) is 11.4 Å². The van der Waals surface area contributed by atoms with Gasteiger partial charge in [0.15, 0.2) is 0 Å². The number of ether oxygens (including phenoxy) is 1. The number of fused-ring (bicyclic) bond motifs is 10. The van der Waals surface area contributed by atoms with Gasteiger partial charge in [-0.25, -0.2) is 4.98 Å². The maximum Gasteiger partial charge on any atom is 0.138 e. The largest absolute Gasteiger partial charge is 0.457 e. The van der Waals surface area contributed by atoms with Crippen molar-refractivity contribution in [1.82, 2.24) is 14.5 Å². The van der Waals surface area contributed by atoms with Crippen molar-refractivity contribution >= 4 is 76.5 Å². The molecule has 3 aromatic heterocycles. The number of nitrogens with one attached hydrogen (secondary N) is 2. The zero-order valence-electron chi connectivity index (χ0n) is 38.9. The van der Waals surface area contributed by atoms with Crippen LogP contribution in [0.2, 0.25) is 0 Å². The highest BCUT2D eigenvalue weighted by molar-refractivity contribution is 6.20. The second-order valence-corrected chi connectivity index (χ2v) is 18.7. The van der Waals surface area contributed by atoms with Gasteiger partial charge in [-0.15, -0.1) is 0 Å². The van der Waals surface area contributed by atoms with Gasteiger partial charge < -0.3 is 15.0 Å². The number of nitrogens with zero attached hydrogens (tertiary/aromatic N) is 2. The first kappa shape index (κ1) is 41.8. The summed E-state index contributed by atoms with van der Waals surface area (Å²) in [6, 6.07) is 65.0. The van der Waals surface area contributed by atoms with Crippen LogP contribution in [0.15, 0.2) is 188 Å². The molecule has 5 heteroatoms. The Bertz CT molecular complexity index is 3730. The van der Waals surface area contributed by atoms with E-state index in [0.29, 0.717) is 17.8 Å². The predicted molar refractivity (Wildman–Crippen MR) is 285 cm³/mol. The number of hydrogen-bond donors (Lipinski definition) is 2. The molecule has 0 unspecified atom stereocenters. The van der Waals surface area contributed by atoms with Crippen molar-refractivity contribution < 1.29 is 4.74 Å². The van der Waals surface area contributed by atoms with E-state index in [4.69, 9.17) is 9.72 Å². The SMILES string of the molecule is CC(C)c1cc(C(C)C)c(-c2ccnc(-n3c4ccccc4c4ccc(Oc5cccc(Nc6cccc7c6[nH]c6ccccc6c6ccccc6c6ccccc76)c5)cc43)c2)c(C(C)C)c1. The lowest BCUT2D eigenvalue weighted by Gasteiger charge is -2.23. The van der Waals surface area contributed by atoms with Crippen molar-refractivity contribution in [3.8, 4) is 28.4 Å². The van der Waals surface area contributed by atoms with Crippen LogP contribution in [-0.2, 0) is 0 Å². The van der Waals surface area contributed by atoms with E-state index in [1.807, 2.05) is 18.3 Å². The van der Waals surface area contributed by atoms with Gasteiger partial charge in [-0.3, -0.25) is 4.57 Å². The van der Waals surface area contributed by atoms with Crippen LogP contribution >= 0.6 is 0 Å². The highest BCUT2D eigenvalue weighted by Gasteiger charge is 2.21. The molecule has 8 aromatic carbocycles. The van der Waals surface area contributed by atoms with Crippen molar-refractivity contribution in [2.75, 3.05) is 5.32 Å². The summed E-state index contributed by atoms with van der Waals surface area (Å²) in [6.45, 7) is 13.8. The minimum absolute atomic E-state index is 0.367. The van der Waals surface area contributed by atoms with Crippen LogP contribution in [0.25, 0.3) is 82.1 Å². The molecule has 0 amide bonds. The van der Waals surface area contributed by atoms with Gasteiger partial charge in [-0.1, -0.05) is 157 Å². The Hall–Kier alpha value is -7.89. The molecule has 0 aliphatic carbocycles. The van der Waals surface area contributed by atoms with E-state index < -0.39 is 0 Å². The van der Waals surface area contributed by atoms with E-state index in [1.54, 1.807) is 0 Å². The molecule has 5 nitrogen and oxygen atoms in total. The Morgan fingerprint density at radius 2 is 1.06 bits per heavy atom. The molecular formula is C62H54N4O. The van der Waals surface area contributed by atoms with Crippen LogP contribution in [0.1, 0.15) is 76.0 Å². The summed E-state index contributed by atoms with van der Waals surface area (Å²) in [6.07, 6.45) is 1.97. The molecule has 0 saturated carbocycles. The first-order valence-corrected chi connectivity index (χ1v) is 23.6. The topological polar surface area (TPSA) is 54.9 Å². The number of rotatable bonds is 9. The van der Waals surface area contributed by atoms with Crippen molar-refractivity contribution in [2.45, 2.75) is 59.3 Å². The molecule has 3 heterocycles. The third-order valence-corrected chi connectivity index (χ3v) is 13.4. The Kier molecular flexibility index (Phi) is 10.7. The molecule has 328 valence electrons. The molecule has 0 fully saturated rings. The first-order chi connectivity index (χ1) is 32.7. The molecule has 0 atom stereocenters. The summed E-state index contributed by atoms with van der Waals surface area (Å²) >= 11 is 0. The van der Waals surface area contributed by atoms with E-state index in [1.165, 1.54) is 54.7 Å². The van der Waals surface area contributed by atoms with Crippen molar-refractivity contribution in [2.24, 2.45) is 0 Å². The van der Waals surface area contributed by atoms with E-state index >= 15 is 0 Å². The normalized spacial score (nSPS) is 11.8. The Morgan fingerprint density at radius 1 is 0.478 bits per heavy atom. The average Bonchev–Trinajstić information content (AvgIpc) is 3.69. The van der Waals surface area contributed by atoms with E-state index in [-0.39, 0.29) is 0 Å². The lowest BCUT2D eigenvalue weighted by atomic mass is 9.82. The average molecular weight is 871 g/mol. The third-order valence-electron chi connectivity index (χ3n) is 13.4. The molecule has 0 radical (unpaired) electrons. The Morgan fingerprint density at radius 3 is 1.76 bits per heavy atom. The van der Waals surface area contributed by atoms with Gasteiger partial charge in [0.1, 0.15) is 17.3 Å². The van der Waals surface area contributed by atoms with Crippen LogP contribution in [0.3, 0.4) is 0 Å². The maximum absolute atomic E-state index is 6.76. The van der Waals surface area contributed by atoms with Gasteiger partial charge in [0.25, 0.3) is 0 Å². The first-order valence-electron chi connectivity index (χ1n) is 23.6. The van der Waals surface area contributed by atoms with Gasteiger partial charge >= 0.3 is 0 Å². The van der Waals surface area contributed by atoms with Crippen LogP contribution < -0.4 is 10.1 Å². The summed E-state index contributed by atoms with van der Waals surface area (Å²) < 4.78 is 9.06. The molecule has 2 N–H and O–H groups in total. The molecule has 0 aliphatic heterocycles. The van der Waals surface area contributed by atoms with E-state index in [9.17, 15) is 0 Å². The number of hydrogen-bond acceptors (Lipinski definition) is 3. The van der Waals surface area contributed by atoms with Gasteiger partial charge in [-0.05, 0) is 122 Å². The minimum Gasteiger partial charge on any atom is -0.457 e. The highest BCUT2D eigenvalue weighted by Crippen LogP contribution is 2.41. The van der Waals surface area contributed by atoms with Gasteiger partial charge in [0.2, 0.25) is 0 Å². The lowest BCUT2D eigenvalue weighted by Crippen LogP contribution is -2.05. The fourth-order valence-electron chi connectivity index (χ4n) is 10.1. The summed E-state index contributed by atoms with van der Waals surface area (Å²) in [7, 11) is 0. The van der Waals surface area contributed by atoms with Gasteiger partial charge in [0.05, 0.1) is 22.2 Å². The predicted octanol–water partition coefficient (Wildman–Crippen LogP) is 17.8. The molecule has 67 heavy (non-hydrogen) atoms. The Balaban J connectivity index is 0.995. The molecule has 11 rings (SSSR count). The van der Waals surface area contributed by atoms with Crippen molar-refractivity contribution in [1.29, 1.82) is 0 Å². The molecule has 0 aliphatic rings.